The predicted octanol–water partition coefficient (Wildman–Crippen LogP) is 4.45. The molecular formula is C26H23ClF2N2O5S. The summed E-state index contributed by atoms with van der Waals surface area (Å²) in [5, 5.41) is 0.511. The third-order valence-corrected chi connectivity index (χ3v) is 6.71. The first-order valence-corrected chi connectivity index (χ1v) is 12.4. The predicted molar refractivity (Wildman–Crippen MR) is 136 cm³/mol. The van der Waals surface area contributed by atoms with Crippen LogP contribution < -0.4 is 24.4 Å². The molecule has 0 amide bonds. The van der Waals surface area contributed by atoms with Gasteiger partial charge in [-0.05, 0) is 62.2 Å². The van der Waals surface area contributed by atoms with Crippen LogP contribution in [0, 0.1) is 0 Å². The SMILES string of the molecule is COc1cc(/C=c2/sc3n(c2=O)[C@H](c2ccc(Cl)cc2)C(C(=O)OC(C)C)=C(C)N=3)ccc1OC(F)F. The van der Waals surface area contributed by atoms with Crippen LogP contribution in [0.1, 0.15) is 37.9 Å². The Morgan fingerprint density at radius 1 is 1.16 bits per heavy atom. The maximum atomic E-state index is 13.7. The Bertz CT molecular complexity index is 1540. The minimum absolute atomic E-state index is 0.0930. The second-order valence-electron chi connectivity index (χ2n) is 8.38. The number of hydrogen-bond donors (Lipinski definition) is 0. The molecule has 0 saturated carbocycles. The van der Waals surface area contributed by atoms with E-state index in [1.807, 2.05) is 0 Å². The number of methoxy groups -OCH3 is 1. The second kappa shape index (κ2) is 10.9. The van der Waals surface area contributed by atoms with E-state index >= 15 is 0 Å². The fourth-order valence-electron chi connectivity index (χ4n) is 3.94. The molecule has 0 spiro atoms. The normalized spacial score (nSPS) is 15.6. The number of benzene rings is 2. The summed E-state index contributed by atoms with van der Waals surface area (Å²) >= 11 is 7.22. The molecule has 0 radical (unpaired) electrons. The van der Waals surface area contributed by atoms with E-state index in [1.54, 1.807) is 51.1 Å². The molecule has 194 valence electrons. The third-order valence-electron chi connectivity index (χ3n) is 5.47. The Labute approximate surface area is 219 Å². The average molecular weight is 549 g/mol. The monoisotopic (exact) mass is 548 g/mol. The number of nitrogens with zero attached hydrogens (tertiary/aromatic N) is 2. The van der Waals surface area contributed by atoms with E-state index in [1.165, 1.54) is 29.9 Å². The summed E-state index contributed by atoms with van der Waals surface area (Å²) in [4.78, 5) is 31.7. The van der Waals surface area contributed by atoms with E-state index < -0.39 is 18.6 Å². The minimum Gasteiger partial charge on any atom is -0.493 e. The summed E-state index contributed by atoms with van der Waals surface area (Å²) in [6.45, 7) is 2.18. The number of halogens is 3. The zero-order valence-corrected chi connectivity index (χ0v) is 21.9. The highest BCUT2D eigenvalue weighted by molar-refractivity contribution is 7.07. The largest absolute Gasteiger partial charge is 0.493 e. The topological polar surface area (TPSA) is 79.1 Å². The number of alkyl halides is 2. The van der Waals surface area contributed by atoms with E-state index in [2.05, 4.69) is 9.73 Å². The van der Waals surface area contributed by atoms with Gasteiger partial charge in [-0.3, -0.25) is 9.36 Å². The van der Waals surface area contributed by atoms with Gasteiger partial charge in [0.2, 0.25) is 0 Å². The molecule has 0 bridgehead atoms. The molecule has 0 fully saturated rings. The molecule has 0 aliphatic carbocycles. The summed E-state index contributed by atoms with van der Waals surface area (Å²) in [5.41, 5.74) is 1.51. The number of carbonyl (C=O) groups excluding carboxylic acids is 1. The minimum atomic E-state index is -3.00. The Kier molecular flexibility index (Phi) is 7.79. The highest BCUT2D eigenvalue weighted by Crippen LogP contribution is 2.32. The van der Waals surface area contributed by atoms with Gasteiger partial charge >= 0.3 is 12.6 Å². The zero-order valence-electron chi connectivity index (χ0n) is 20.3. The van der Waals surface area contributed by atoms with E-state index in [0.717, 1.165) is 11.3 Å². The summed E-state index contributed by atoms with van der Waals surface area (Å²) in [7, 11) is 1.33. The lowest BCUT2D eigenvalue weighted by Gasteiger charge is -2.25. The van der Waals surface area contributed by atoms with E-state index in [9.17, 15) is 18.4 Å². The molecule has 2 heterocycles. The first-order valence-electron chi connectivity index (χ1n) is 11.2. The van der Waals surface area contributed by atoms with Crippen molar-refractivity contribution in [1.29, 1.82) is 0 Å². The molecule has 0 unspecified atom stereocenters. The van der Waals surface area contributed by atoms with Gasteiger partial charge in [0.05, 0.1) is 35.1 Å². The first-order chi connectivity index (χ1) is 17.6. The van der Waals surface area contributed by atoms with Crippen molar-refractivity contribution in [2.45, 2.75) is 39.5 Å². The van der Waals surface area contributed by atoms with Gasteiger partial charge < -0.3 is 14.2 Å². The smallest absolute Gasteiger partial charge is 0.387 e. The lowest BCUT2D eigenvalue weighted by Crippen LogP contribution is -2.40. The number of aromatic nitrogens is 1. The molecule has 2 aromatic carbocycles. The number of rotatable bonds is 7. The van der Waals surface area contributed by atoms with Crippen molar-refractivity contribution in [2.75, 3.05) is 7.11 Å². The van der Waals surface area contributed by atoms with Gasteiger partial charge in [0.15, 0.2) is 16.3 Å². The molecule has 1 aliphatic heterocycles. The first kappa shape index (κ1) is 26.6. The lowest BCUT2D eigenvalue weighted by molar-refractivity contribution is -0.143. The molecule has 4 rings (SSSR count). The molecule has 7 nitrogen and oxygen atoms in total. The Morgan fingerprint density at radius 2 is 1.86 bits per heavy atom. The van der Waals surface area contributed by atoms with Gasteiger partial charge in [-0.2, -0.15) is 8.78 Å². The number of ether oxygens (including phenoxy) is 3. The van der Waals surface area contributed by atoms with Crippen LogP contribution in [0.4, 0.5) is 8.78 Å². The Balaban J connectivity index is 1.88. The van der Waals surface area contributed by atoms with Gasteiger partial charge in [-0.25, -0.2) is 9.79 Å². The molecule has 0 saturated heterocycles. The van der Waals surface area contributed by atoms with Crippen molar-refractivity contribution in [1.82, 2.24) is 4.57 Å². The van der Waals surface area contributed by atoms with Crippen molar-refractivity contribution in [3.05, 3.63) is 89.6 Å². The van der Waals surface area contributed by atoms with Crippen LogP contribution in [-0.2, 0) is 9.53 Å². The molecule has 11 heteroatoms. The summed E-state index contributed by atoms with van der Waals surface area (Å²) in [5.74, 6) is -0.594. The average Bonchev–Trinajstić information content (AvgIpc) is 3.13. The molecule has 3 aromatic rings. The number of thiazole rings is 1. The van der Waals surface area contributed by atoms with E-state index in [0.29, 0.717) is 31.2 Å². The number of fused-ring (bicyclic) bond motifs is 1. The molecule has 1 atom stereocenters. The summed E-state index contributed by atoms with van der Waals surface area (Å²) in [6, 6.07) is 10.4. The highest BCUT2D eigenvalue weighted by Gasteiger charge is 2.33. The number of carbonyl (C=O) groups is 1. The van der Waals surface area contributed by atoms with Gasteiger partial charge in [-0.1, -0.05) is 41.1 Å². The number of hydrogen-bond acceptors (Lipinski definition) is 7. The Morgan fingerprint density at radius 3 is 2.49 bits per heavy atom. The van der Waals surface area contributed by atoms with Crippen LogP contribution in [0.15, 0.2) is 63.5 Å². The Hall–Kier alpha value is -3.50. The van der Waals surface area contributed by atoms with Crippen molar-refractivity contribution >= 4 is 35.0 Å². The van der Waals surface area contributed by atoms with E-state index in [4.69, 9.17) is 21.1 Å². The standard InChI is InChI=1S/C26H23ClF2N2O5S/c1-13(2)35-24(33)21-14(3)30-26-31(22(21)16-6-8-17(27)9-7-16)23(32)20(37-26)12-15-5-10-18(36-25(28)29)19(11-15)34-4/h5-13,22,25H,1-4H3/b20-12+/t22-/m1/s1. The van der Waals surface area contributed by atoms with E-state index in [-0.39, 0.29) is 28.7 Å². The van der Waals surface area contributed by atoms with Gasteiger partial charge in [0.25, 0.3) is 5.56 Å². The summed E-state index contributed by atoms with van der Waals surface area (Å²) in [6.07, 6.45) is 1.23. The molecule has 1 aliphatic rings. The van der Waals surface area contributed by atoms with Crippen LogP contribution in [0.5, 0.6) is 11.5 Å². The number of esters is 1. The maximum absolute atomic E-state index is 13.7. The zero-order chi connectivity index (χ0) is 26.9. The maximum Gasteiger partial charge on any atom is 0.387 e. The van der Waals surface area contributed by atoms with Gasteiger partial charge in [-0.15, -0.1) is 0 Å². The lowest BCUT2D eigenvalue weighted by atomic mass is 9.96. The van der Waals surface area contributed by atoms with Crippen LogP contribution >= 0.6 is 22.9 Å². The van der Waals surface area contributed by atoms with Gasteiger partial charge in [0.1, 0.15) is 0 Å². The van der Waals surface area contributed by atoms with Crippen LogP contribution in [-0.4, -0.2) is 30.4 Å². The third kappa shape index (κ3) is 5.60. The van der Waals surface area contributed by atoms with Crippen LogP contribution in [0.25, 0.3) is 6.08 Å². The fourth-order valence-corrected chi connectivity index (χ4v) is 5.11. The molecule has 1 aromatic heterocycles. The molecular weight excluding hydrogens is 526 g/mol. The van der Waals surface area contributed by atoms with Crippen molar-refractivity contribution in [2.24, 2.45) is 4.99 Å². The summed E-state index contributed by atoms with van der Waals surface area (Å²) < 4.78 is 42.2. The van der Waals surface area contributed by atoms with Gasteiger partial charge in [0, 0.05) is 5.02 Å². The fraction of sp³-hybridized carbons (Fsp3) is 0.269. The highest BCUT2D eigenvalue weighted by atomic mass is 35.5. The quantitative estimate of drug-likeness (QED) is 0.408. The van der Waals surface area contributed by atoms with Crippen molar-refractivity contribution < 1.29 is 27.8 Å². The molecule has 37 heavy (non-hydrogen) atoms. The van der Waals surface area contributed by atoms with Crippen molar-refractivity contribution in [3.8, 4) is 11.5 Å². The van der Waals surface area contributed by atoms with Crippen LogP contribution in [0.3, 0.4) is 0 Å². The molecule has 0 N–H and O–H groups in total. The van der Waals surface area contributed by atoms with Crippen molar-refractivity contribution in [3.63, 3.8) is 0 Å². The second-order valence-corrected chi connectivity index (χ2v) is 9.82. The number of allylic oxidation sites excluding steroid dienone is 1. The van der Waals surface area contributed by atoms with Crippen LogP contribution in [0.2, 0.25) is 5.02 Å².